The van der Waals surface area contributed by atoms with Gasteiger partial charge in [0, 0.05) is 0 Å². The molecular formula is C17H26O3. The molecule has 0 radical (unpaired) electrons. The summed E-state index contributed by atoms with van der Waals surface area (Å²) in [5, 5.41) is 19.0. The molecular weight excluding hydrogens is 252 g/mol. The normalized spacial score (nSPS) is 25.1. The van der Waals surface area contributed by atoms with Gasteiger partial charge in [-0.2, -0.15) is 0 Å². The Labute approximate surface area is 121 Å². The smallest absolute Gasteiger partial charge is 0.143 e. The molecule has 2 unspecified atom stereocenters. The summed E-state index contributed by atoms with van der Waals surface area (Å²) >= 11 is 0. The number of allylic oxidation sites excluding steroid dienone is 6. The number of aliphatic hydroxyl groups is 2. The highest BCUT2D eigenvalue weighted by Crippen LogP contribution is 2.44. The van der Waals surface area contributed by atoms with Gasteiger partial charge >= 0.3 is 0 Å². The van der Waals surface area contributed by atoms with Crippen LogP contribution < -0.4 is 0 Å². The molecule has 0 amide bonds. The van der Waals surface area contributed by atoms with E-state index in [9.17, 15) is 9.90 Å². The van der Waals surface area contributed by atoms with Crippen molar-refractivity contribution < 1.29 is 15.0 Å². The van der Waals surface area contributed by atoms with Gasteiger partial charge in [-0.25, -0.2) is 0 Å². The number of rotatable bonds is 5. The zero-order valence-electron chi connectivity index (χ0n) is 12.9. The van der Waals surface area contributed by atoms with E-state index < -0.39 is 6.10 Å². The van der Waals surface area contributed by atoms with E-state index in [4.69, 9.17) is 5.11 Å². The first-order valence-electron chi connectivity index (χ1n) is 7.11. The molecule has 3 nitrogen and oxygen atoms in total. The van der Waals surface area contributed by atoms with Crippen LogP contribution in [0.2, 0.25) is 0 Å². The van der Waals surface area contributed by atoms with Crippen LogP contribution >= 0.6 is 0 Å². The van der Waals surface area contributed by atoms with Crippen molar-refractivity contribution in [2.45, 2.75) is 46.6 Å². The minimum atomic E-state index is -0.647. The summed E-state index contributed by atoms with van der Waals surface area (Å²) in [6.45, 7) is 8.11. The molecule has 0 spiro atoms. The van der Waals surface area contributed by atoms with E-state index in [1.165, 1.54) is 11.1 Å². The van der Waals surface area contributed by atoms with E-state index >= 15 is 0 Å². The number of carbonyl (C=O) groups excluding carboxylic acids is 1. The fraction of sp³-hybridized carbons (Fsp3) is 0.588. The molecule has 0 bridgehead atoms. The van der Waals surface area contributed by atoms with E-state index in [0.717, 1.165) is 24.7 Å². The van der Waals surface area contributed by atoms with Gasteiger partial charge in [0.2, 0.25) is 0 Å². The molecule has 0 aromatic rings. The number of aliphatic hydroxyl groups excluding tert-OH is 2. The van der Waals surface area contributed by atoms with E-state index in [1.807, 2.05) is 13.0 Å². The van der Waals surface area contributed by atoms with Crippen molar-refractivity contribution in [2.75, 3.05) is 6.61 Å². The Balaban J connectivity index is 3.00. The van der Waals surface area contributed by atoms with Gasteiger partial charge in [0.1, 0.15) is 6.29 Å². The lowest BCUT2D eigenvalue weighted by atomic mass is 9.67. The Kier molecular flexibility index (Phi) is 5.90. The second kappa shape index (κ2) is 7.00. The quantitative estimate of drug-likeness (QED) is 0.462. The lowest BCUT2D eigenvalue weighted by Crippen LogP contribution is -2.33. The van der Waals surface area contributed by atoms with Crippen molar-refractivity contribution in [1.29, 1.82) is 0 Å². The van der Waals surface area contributed by atoms with Crippen LogP contribution in [0.4, 0.5) is 0 Å². The van der Waals surface area contributed by atoms with Crippen LogP contribution in [-0.2, 0) is 4.79 Å². The van der Waals surface area contributed by atoms with Crippen molar-refractivity contribution in [1.82, 2.24) is 0 Å². The van der Waals surface area contributed by atoms with Gasteiger partial charge in [-0.05, 0) is 55.2 Å². The first-order chi connectivity index (χ1) is 9.31. The van der Waals surface area contributed by atoms with Crippen LogP contribution in [0.15, 0.2) is 34.9 Å². The summed E-state index contributed by atoms with van der Waals surface area (Å²) in [6.07, 6.45) is 7.38. The molecule has 1 rings (SSSR count). The van der Waals surface area contributed by atoms with E-state index in [0.29, 0.717) is 0 Å². The van der Waals surface area contributed by atoms with E-state index in [2.05, 4.69) is 26.8 Å². The molecule has 0 aromatic heterocycles. The van der Waals surface area contributed by atoms with Crippen LogP contribution in [-0.4, -0.2) is 29.2 Å². The third-order valence-electron chi connectivity index (χ3n) is 4.10. The zero-order valence-corrected chi connectivity index (χ0v) is 12.9. The Bertz CT molecular complexity index is 441. The lowest BCUT2D eigenvalue weighted by Gasteiger charge is -2.39. The molecule has 0 aromatic carbocycles. The molecule has 2 atom stereocenters. The first-order valence-corrected chi connectivity index (χ1v) is 7.11. The van der Waals surface area contributed by atoms with Crippen molar-refractivity contribution in [2.24, 2.45) is 11.3 Å². The van der Waals surface area contributed by atoms with Gasteiger partial charge in [0.05, 0.1) is 12.7 Å². The first kappa shape index (κ1) is 16.9. The van der Waals surface area contributed by atoms with Gasteiger partial charge in [0.15, 0.2) is 0 Å². The molecule has 0 fully saturated rings. The summed E-state index contributed by atoms with van der Waals surface area (Å²) in [6, 6.07) is 0. The molecule has 0 saturated carbocycles. The molecule has 0 aliphatic heterocycles. The van der Waals surface area contributed by atoms with Crippen molar-refractivity contribution in [3.05, 3.63) is 34.9 Å². The van der Waals surface area contributed by atoms with E-state index in [-0.39, 0.29) is 17.9 Å². The SMILES string of the molecule is CC(C=CC1=C(C)CC(C(O)CO)CC1(C)C)=CC=O. The lowest BCUT2D eigenvalue weighted by molar-refractivity contribution is -0.104. The molecule has 2 N–H and O–H groups in total. The highest BCUT2D eigenvalue weighted by atomic mass is 16.3. The monoisotopic (exact) mass is 278 g/mol. The molecule has 0 saturated heterocycles. The molecule has 1 aliphatic rings. The highest BCUT2D eigenvalue weighted by molar-refractivity contribution is 5.67. The number of hydrogen-bond acceptors (Lipinski definition) is 3. The fourth-order valence-electron chi connectivity index (χ4n) is 3.09. The minimum Gasteiger partial charge on any atom is -0.394 e. The Morgan fingerprint density at radius 3 is 2.65 bits per heavy atom. The highest BCUT2D eigenvalue weighted by Gasteiger charge is 2.35. The maximum atomic E-state index is 10.4. The molecule has 1 aliphatic carbocycles. The van der Waals surface area contributed by atoms with Crippen molar-refractivity contribution in [3.8, 4) is 0 Å². The average Bonchev–Trinajstić information content (AvgIpc) is 2.36. The van der Waals surface area contributed by atoms with Crippen LogP contribution in [0, 0.1) is 11.3 Å². The maximum Gasteiger partial charge on any atom is 0.143 e. The van der Waals surface area contributed by atoms with Crippen molar-refractivity contribution >= 4 is 6.29 Å². The third-order valence-corrected chi connectivity index (χ3v) is 4.10. The largest absolute Gasteiger partial charge is 0.394 e. The van der Waals surface area contributed by atoms with E-state index in [1.54, 1.807) is 6.08 Å². The fourth-order valence-corrected chi connectivity index (χ4v) is 3.09. The predicted molar refractivity (Wildman–Crippen MR) is 81.3 cm³/mol. The predicted octanol–water partition coefficient (Wildman–Crippen LogP) is 2.79. The number of hydrogen-bond donors (Lipinski definition) is 2. The third kappa shape index (κ3) is 4.15. The number of aldehydes is 1. The second-order valence-corrected chi connectivity index (χ2v) is 6.38. The average molecular weight is 278 g/mol. The number of carbonyl (C=O) groups is 1. The van der Waals surface area contributed by atoms with Crippen LogP contribution in [0.3, 0.4) is 0 Å². The molecule has 0 heterocycles. The second-order valence-electron chi connectivity index (χ2n) is 6.38. The summed E-state index contributed by atoms with van der Waals surface area (Å²) in [4.78, 5) is 10.4. The molecule has 3 heteroatoms. The van der Waals surface area contributed by atoms with Crippen LogP contribution in [0.1, 0.15) is 40.5 Å². The minimum absolute atomic E-state index is 0.0406. The molecule has 112 valence electrons. The summed E-state index contributed by atoms with van der Waals surface area (Å²) < 4.78 is 0. The van der Waals surface area contributed by atoms with Gasteiger partial charge < -0.3 is 10.2 Å². The topological polar surface area (TPSA) is 57.5 Å². The Morgan fingerprint density at radius 1 is 1.50 bits per heavy atom. The van der Waals surface area contributed by atoms with Gasteiger partial charge in [-0.15, -0.1) is 0 Å². The summed E-state index contributed by atoms with van der Waals surface area (Å²) in [5.41, 5.74) is 3.39. The summed E-state index contributed by atoms with van der Waals surface area (Å²) in [5.74, 6) is 0.110. The van der Waals surface area contributed by atoms with Gasteiger partial charge in [0.25, 0.3) is 0 Å². The van der Waals surface area contributed by atoms with Crippen LogP contribution in [0.25, 0.3) is 0 Å². The Morgan fingerprint density at radius 2 is 2.15 bits per heavy atom. The van der Waals surface area contributed by atoms with Crippen molar-refractivity contribution in [3.63, 3.8) is 0 Å². The maximum absolute atomic E-state index is 10.4. The van der Waals surface area contributed by atoms with Gasteiger partial charge in [-0.1, -0.05) is 31.6 Å². The Hall–Kier alpha value is -1.19. The zero-order chi connectivity index (χ0) is 15.3. The molecule has 20 heavy (non-hydrogen) atoms. The van der Waals surface area contributed by atoms with Gasteiger partial charge in [-0.3, -0.25) is 4.79 Å². The summed E-state index contributed by atoms with van der Waals surface area (Å²) in [7, 11) is 0. The van der Waals surface area contributed by atoms with Crippen LogP contribution in [0.5, 0.6) is 0 Å². The standard InChI is InChI=1S/C17H26O3/c1-12(7-8-18)5-6-15-13(2)9-14(16(20)11-19)10-17(15,3)4/h5-8,14,16,19-20H,9-11H2,1-4H3.